The molecule has 3 aromatic rings. The lowest BCUT2D eigenvalue weighted by Crippen LogP contribution is -2.35. The first-order valence-electron chi connectivity index (χ1n) is 20.9. The first-order valence-corrected chi connectivity index (χ1v) is 20.9. The minimum atomic E-state index is -1.15. The Balaban J connectivity index is 1.46. The molecule has 6 bridgehead atoms. The summed E-state index contributed by atoms with van der Waals surface area (Å²) in [5.41, 5.74) is 0.870. The number of ketones is 1. The molecule has 0 aromatic carbocycles. The highest BCUT2D eigenvalue weighted by Crippen LogP contribution is 2.31. The summed E-state index contributed by atoms with van der Waals surface area (Å²) < 4.78 is 34.6. The molecule has 11 atom stereocenters. The van der Waals surface area contributed by atoms with Gasteiger partial charge in [-0.25, -0.2) is 15.0 Å². The Kier molecular flexibility index (Phi) is 18.9. The highest BCUT2D eigenvalue weighted by atomic mass is 16.5. The predicted molar refractivity (Wildman–Crippen MR) is 220 cm³/mol. The van der Waals surface area contributed by atoms with Gasteiger partial charge in [-0.3, -0.25) is 14.4 Å². The zero-order chi connectivity index (χ0) is 43.9. The number of hydrogen-bond acceptors (Lipinski definition) is 15. The summed E-state index contributed by atoms with van der Waals surface area (Å²) in [6, 6.07) is 0. The zero-order valence-electron chi connectivity index (χ0n) is 36.1. The fraction of sp³-hybridized carbons (Fsp3) is 0.636. The molecule has 60 heavy (non-hydrogen) atoms. The molecular formula is C44H64N4O12. The van der Waals surface area contributed by atoms with Crippen LogP contribution in [0.1, 0.15) is 110 Å². The number of fused-ring (bicyclic) bond motifs is 8. The van der Waals surface area contributed by atoms with Crippen molar-refractivity contribution in [1.82, 2.24) is 19.9 Å². The summed E-state index contributed by atoms with van der Waals surface area (Å²) in [6.45, 7) is 9.51. The lowest BCUT2D eigenvalue weighted by Gasteiger charge is -2.31. The van der Waals surface area contributed by atoms with Crippen LogP contribution in [0.2, 0.25) is 0 Å². The Hall–Kier alpha value is -4.48. The van der Waals surface area contributed by atoms with Crippen LogP contribution in [-0.4, -0.2) is 105 Å². The van der Waals surface area contributed by atoms with Gasteiger partial charge in [-0.1, -0.05) is 46.8 Å². The number of carbonyl (C=O) groups excluding carboxylic acids is 3. The molecule has 1 amide bonds. The number of allylic oxidation sites excluding steroid dienone is 1. The third-order valence-corrected chi connectivity index (χ3v) is 11.6. The largest absolute Gasteiger partial charge is 0.462 e. The van der Waals surface area contributed by atoms with Gasteiger partial charge in [0.2, 0.25) is 24.1 Å². The van der Waals surface area contributed by atoms with Gasteiger partial charge in [0.05, 0.1) is 30.8 Å². The van der Waals surface area contributed by atoms with Crippen molar-refractivity contribution < 1.29 is 57.2 Å². The average molecular weight is 841 g/mol. The number of aliphatic hydroxyl groups is 3. The van der Waals surface area contributed by atoms with E-state index in [1.165, 1.54) is 23.7 Å². The number of methoxy groups -OCH3 is 2. The van der Waals surface area contributed by atoms with E-state index in [9.17, 15) is 29.7 Å². The fourth-order valence-electron chi connectivity index (χ4n) is 7.48. The van der Waals surface area contributed by atoms with Gasteiger partial charge >= 0.3 is 5.97 Å². The summed E-state index contributed by atoms with van der Waals surface area (Å²) in [5.74, 6) is -1.15. The average Bonchev–Trinajstić information content (AvgIpc) is 4.03. The number of ether oxygens (including phenoxy) is 3. The summed E-state index contributed by atoms with van der Waals surface area (Å²) in [4.78, 5) is 52.4. The maximum absolute atomic E-state index is 13.4. The number of hydrogen-bond donors (Lipinski definition) is 3. The van der Waals surface area contributed by atoms with Crippen LogP contribution in [0.3, 0.4) is 0 Å². The van der Waals surface area contributed by atoms with E-state index in [1.807, 2.05) is 39.8 Å². The Morgan fingerprint density at radius 1 is 0.967 bits per heavy atom. The van der Waals surface area contributed by atoms with Crippen molar-refractivity contribution in [3.05, 3.63) is 48.7 Å². The number of aromatic nitrogens is 3. The Morgan fingerprint density at radius 3 is 2.38 bits per heavy atom. The lowest BCUT2D eigenvalue weighted by molar-refractivity contribution is -0.156. The van der Waals surface area contributed by atoms with Crippen molar-refractivity contribution in [3.63, 3.8) is 0 Å². The molecule has 16 heteroatoms. The highest BCUT2D eigenvalue weighted by molar-refractivity contribution is 5.81. The molecule has 0 fully saturated rings. The van der Waals surface area contributed by atoms with Crippen LogP contribution in [0.15, 0.2) is 50.4 Å². The molecule has 0 spiro atoms. The van der Waals surface area contributed by atoms with Crippen LogP contribution in [0.5, 0.6) is 0 Å². The van der Waals surface area contributed by atoms with E-state index >= 15 is 0 Å². The molecular weight excluding hydrogens is 776 g/mol. The number of cyclic esters (lactones) is 1. The molecule has 1 aliphatic heterocycles. The monoisotopic (exact) mass is 840 g/mol. The second-order valence-corrected chi connectivity index (χ2v) is 16.3. The topological polar surface area (TPSA) is 221 Å². The first kappa shape index (κ1) is 48.2. The molecule has 0 aliphatic carbocycles. The molecule has 0 unspecified atom stereocenters. The number of Topliss-reactive ketones (excluding diaryl/α,β-unsaturated/α-hetero) is 1. The summed E-state index contributed by atoms with van der Waals surface area (Å²) in [6.07, 6.45) is 10.8. The van der Waals surface area contributed by atoms with E-state index in [0.717, 1.165) is 0 Å². The first-order chi connectivity index (χ1) is 28.6. The minimum Gasteiger partial charge on any atom is -0.462 e. The van der Waals surface area contributed by atoms with Crippen LogP contribution < -0.4 is 0 Å². The SMILES string of the molecule is CO[C@H]([C@H](C)/C=C/N(C)C=O)[C@@H](C)C(=O)CC[C@H](C)[C@H](C[C@@H]1OC(=O)C[C@@H](O)CCC[C@H](O)[C@H](C)[C@H](O)c2coc(n2)-c2coc(n2)-c2coc(n2)/C=C/CC[C@H]1C)OC. The van der Waals surface area contributed by atoms with Crippen molar-refractivity contribution in [2.45, 2.75) is 129 Å². The molecule has 4 rings (SSSR count). The number of rotatable bonds is 14. The van der Waals surface area contributed by atoms with Crippen LogP contribution in [-0.2, 0) is 28.6 Å². The van der Waals surface area contributed by atoms with Gasteiger partial charge in [0.1, 0.15) is 42.5 Å². The van der Waals surface area contributed by atoms with Crippen molar-refractivity contribution in [1.29, 1.82) is 0 Å². The maximum Gasteiger partial charge on any atom is 0.308 e. The van der Waals surface area contributed by atoms with Gasteiger partial charge < -0.3 is 47.7 Å². The van der Waals surface area contributed by atoms with Gasteiger partial charge in [0.15, 0.2) is 11.4 Å². The molecule has 4 heterocycles. The quantitative estimate of drug-likeness (QED) is 0.115. The summed E-state index contributed by atoms with van der Waals surface area (Å²) in [5, 5.41) is 32.7. The van der Waals surface area contributed by atoms with E-state index < -0.39 is 36.3 Å². The Bertz CT molecular complexity index is 1840. The van der Waals surface area contributed by atoms with E-state index in [-0.39, 0.29) is 78.4 Å². The van der Waals surface area contributed by atoms with Crippen LogP contribution in [0.4, 0.5) is 0 Å². The van der Waals surface area contributed by atoms with Crippen molar-refractivity contribution in [2.75, 3.05) is 21.3 Å². The Morgan fingerprint density at radius 2 is 1.67 bits per heavy atom. The molecule has 0 saturated heterocycles. The molecule has 0 saturated carbocycles. The van der Waals surface area contributed by atoms with Gasteiger partial charge in [-0.15, -0.1) is 0 Å². The number of oxazole rings is 3. The van der Waals surface area contributed by atoms with Crippen molar-refractivity contribution in [3.8, 4) is 23.2 Å². The molecule has 16 nitrogen and oxygen atoms in total. The standard InChI is InChI=1S/C44H64N4O12/c1-26-12-9-10-15-39-45-33(23-57-39)43-47-34(24-59-43)44-46-32(22-58-44)41(54)29(4)35(51)14-11-13-31(50)20-40(53)60-38(26)21-37(55-7)27(2)16-17-36(52)30(5)42(56-8)28(3)18-19-48(6)25-49/h10,15,18-19,22-31,35,37-38,41-42,50-51,54H,9,11-14,16-17,20-21H2,1-8H3/b15-10+,19-18+/t26-,27+,28-,29+,30+,31+,35+,37+,38+,41+,42-/m1/s1. The van der Waals surface area contributed by atoms with E-state index in [1.54, 1.807) is 40.5 Å². The van der Waals surface area contributed by atoms with Gasteiger partial charge in [-0.2, -0.15) is 0 Å². The molecule has 3 aromatic heterocycles. The van der Waals surface area contributed by atoms with Crippen LogP contribution in [0, 0.1) is 29.6 Å². The molecule has 1 aliphatic rings. The third-order valence-electron chi connectivity index (χ3n) is 11.6. The van der Waals surface area contributed by atoms with E-state index in [0.29, 0.717) is 62.2 Å². The summed E-state index contributed by atoms with van der Waals surface area (Å²) in [7, 11) is 4.83. The minimum absolute atomic E-state index is 0.0541. The fourth-order valence-corrected chi connectivity index (χ4v) is 7.48. The maximum atomic E-state index is 13.4. The smallest absolute Gasteiger partial charge is 0.308 e. The number of aliphatic hydroxyl groups excluding tert-OH is 3. The van der Waals surface area contributed by atoms with Crippen LogP contribution in [0.25, 0.3) is 29.2 Å². The predicted octanol–water partition coefficient (Wildman–Crippen LogP) is 6.57. The molecule has 0 radical (unpaired) electrons. The zero-order valence-corrected chi connectivity index (χ0v) is 36.1. The number of esters is 1. The second kappa shape index (κ2) is 23.5. The van der Waals surface area contributed by atoms with Crippen LogP contribution >= 0.6 is 0 Å². The van der Waals surface area contributed by atoms with Crippen molar-refractivity contribution >= 4 is 24.2 Å². The summed E-state index contributed by atoms with van der Waals surface area (Å²) >= 11 is 0. The van der Waals surface area contributed by atoms with Crippen molar-refractivity contribution in [2.24, 2.45) is 29.6 Å². The Labute approximate surface area is 352 Å². The van der Waals surface area contributed by atoms with E-state index in [4.69, 9.17) is 27.5 Å². The van der Waals surface area contributed by atoms with Gasteiger partial charge in [0, 0.05) is 58.1 Å². The number of carbonyl (C=O) groups is 3. The molecule has 3 N–H and O–H groups in total. The van der Waals surface area contributed by atoms with Gasteiger partial charge in [0.25, 0.3) is 0 Å². The third kappa shape index (κ3) is 13.8. The van der Waals surface area contributed by atoms with Gasteiger partial charge in [-0.05, 0) is 56.4 Å². The lowest BCUT2D eigenvalue weighted by atomic mass is 9.85. The second-order valence-electron chi connectivity index (χ2n) is 16.3. The molecule has 332 valence electrons. The number of nitrogens with zero attached hydrogens (tertiary/aromatic N) is 4. The van der Waals surface area contributed by atoms with E-state index in [2.05, 4.69) is 15.0 Å². The normalized spacial score (nSPS) is 25.6. The highest BCUT2D eigenvalue weighted by Gasteiger charge is 2.32. The number of amides is 1.